The van der Waals surface area contributed by atoms with E-state index < -0.39 is 36.9 Å². The molecule has 0 amide bonds. The Balaban J connectivity index is 2.59. The highest BCUT2D eigenvalue weighted by Crippen LogP contribution is 2.27. The Hall–Kier alpha value is -1.93. The molecular weight excluding hydrogens is 335 g/mol. The van der Waals surface area contributed by atoms with Gasteiger partial charge in [0.15, 0.2) is 15.7 Å². The Morgan fingerprint density at radius 1 is 1.36 bits per heavy atom. The lowest BCUT2D eigenvalue weighted by Crippen LogP contribution is -2.21. The second-order valence-electron chi connectivity index (χ2n) is 4.58. The first-order chi connectivity index (χ1) is 10.2. The van der Waals surface area contributed by atoms with Crippen molar-refractivity contribution in [1.29, 1.82) is 0 Å². The highest BCUT2D eigenvalue weighted by Gasteiger charge is 2.24. The molecule has 0 atom stereocenters. The topological polar surface area (TPSA) is 89.0 Å². The highest BCUT2D eigenvalue weighted by atomic mass is 35.5. The predicted octanol–water partition coefficient (Wildman–Crippen LogP) is 1.62. The van der Waals surface area contributed by atoms with Gasteiger partial charge < -0.3 is 5.10 Å². The maximum absolute atomic E-state index is 14.1. The molecule has 1 N–H and O–H groups in total. The van der Waals surface area contributed by atoms with Crippen LogP contribution < -0.4 is 5.56 Å². The van der Waals surface area contributed by atoms with E-state index in [0.29, 0.717) is 6.54 Å². The van der Waals surface area contributed by atoms with Crippen molar-refractivity contribution in [3.63, 3.8) is 0 Å². The van der Waals surface area contributed by atoms with E-state index in [0.717, 1.165) is 18.4 Å². The standard InChI is InChI=1S/C13H12ClFN2O4S/c1-3-17-13(19)8(6-16-17)12(18)7-4-5-9(22(2,20)21)11(15)10(7)14/h4-6,16H,3H2,1-2H3. The van der Waals surface area contributed by atoms with Gasteiger partial charge in [-0.05, 0) is 19.1 Å². The van der Waals surface area contributed by atoms with Crippen LogP contribution in [-0.2, 0) is 16.4 Å². The Morgan fingerprint density at radius 3 is 2.50 bits per heavy atom. The molecule has 0 fully saturated rings. The van der Waals surface area contributed by atoms with E-state index >= 15 is 0 Å². The quantitative estimate of drug-likeness (QED) is 0.852. The summed E-state index contributed by atoms with van der Waals surface area (Å²) in [6, 6.07) is 2.04. The van der Waals surface area contributed by atoms with Crippen LogP contribution in [0.4, 0.5) is 4.39 Å². The van der Waals surface area contributed by atoms with Gasteiger partial charge in [0.05, 0.1) is 5.02 Å². The fourth-order valence-corrected chi connectivity index (χ4v) is 2.99. The largest absolute Gasteiger partial charge is 0.302 e. The summed E-state index contributed by atoms with van der Waals surface area (Å²) in [6.45, 7) is 2.04. The number of halogens is 2. The minimum atomic E-state index is -3.81. The molecule has 118 valence electrons. The Labute approximate surface area is 130 Å². The molecule has 2 rings (SSSR count). The monoisotopic (exact) mass is 346 g/mol. The molecular formula is C13H12ClFN2O4S. The van der Waals surface area contributed by atoms with Gasteiger partial charge in [-0.15, -0.1) is 0 Å². The van der Waals surface area contributed by atoms with Crippen LogP contribution in [0.1, 0.15) is 22.8 Å². The third-order valence-corrected chi connectivity index (χ3v) is 4.58. The summed E-state index contributed by atoms with van der Waals surface area (Å²) < 4.78 is 38.1. The van der Waals surface area contributed by atoms with E-state index in [1.165, 1.54) is 10.9 Å². The summed E-state index contributed by atoms with van der Waals surface area (Å²) in [7, 11) is -3.81. The summed E-state index contributed by atoms with van der Waals surface area (Å²) in [5.41, 5.74) is -1.03. The summed E-state index contributed by atoms with van der Waals surface area (Å²) in [5.74, 6) is -1.99. The van der Waals surface area contributed by atoms with Crippen molar-refractivity contribution in [1.82, 2.24) is 9.78 Å². The summed E-state index contributed by atoms with van der Waals surface area (Å²) in [6.07, 6.45) is 2.03. The summed E-state index contributed by atoms with van der Waals surface area (Å²) >= 11 is 5.76. The number of H-pyrrole nitrogens is 1. The number of carbonyl (C=O) groups excluding carboxylic acids is 1. The smallest absolute Gasteiger partial charge is 0.277 e. The molecule has 2 aromatic rings. The molecule has 22 heavy (non-hydrogen) atoms. The molecule has 0 radical (unpaired) electrons. The fourth-order valence-electron chi connectivity index (χ4n) is 1.94. The average Bonchev–Trinajstić information content (AvgIpc) is 2.80. The zero-order valence-corrected chi connectivity index (χ0v) is 13.3. The maximum atomic E-state index is 14.1. The summed E-state index contributed by atoms with van der Waals surface area (Å²) in [5, 5.41) is 1.97. The second-order valence-corrected chi connectivity index (χ2v) is 6.94. The van der Waals surface area contributed by atoms with Gasteiger partial charge in [0.2, 0.25) is 5.78 Å². The van der Waals surface area contributed by atoms with Crippen LogP contribution >= 0.6 is 11.6 Å². The molecule has 6 nitrogen and oxygen atoms in total. The number of hydrogen-bond donors (Lipinski definition) is 1. The number of ketones is 1. The molecule has 0 saturated heterocycles. The number of nitrogens with zero attached hydrogens (tertiary/aromatic N) is 1. The van der Waals surface area contributed by atoms with Crippen LogP contribution in [0.2, 0.25) is 5.02 Å². The molecule has 1 aromatic heterocycles. The molecule has 0 unspecified atom stereocenters. The van der Waals surface area contributed by atoms with Gasteiger partial charge in [-0.3, -0.25) is 14.3 Å². The third kappa shape index (κ3) is 2.71. The Morgan fingerprint density at radius 2 is 2.00 bits per heavy atom. The molecule has 0 aliphatic heterocycles. The lowest BCUT2D eigenvalue weighted by Gasteiger charge is -2.06. The van der Waals surface area contributed by atoms with Crippen LogP contribution in [0, 0.1) is 5.82 Å². The van der Waals surface area contributed by atoms with Gasteiger partial charge in [0, 0.05) is 24.6 Å². The predicted molar refractivity (Wildman–Crippen MR) is 78.7 cm³/mol. The van der Waals surface area contributed by atoms with Gasteiger partial charge in [-0.2, -0.15) is 0 Å². The van der Waals surface area contributed by atoms with E-state index in [2.05, 4.69) is 5.10 Å². The lowest BCUT2D eigenvalue weighted by molar-refractivity contribution is 0.103. The molecule has 0 bridgehead atoms. The normalized spacial score (nSPS) is 11.6. The Kier molecular flexibility index (Phi) is 4.25. The third-order valence-electron chi connectivity index (χ3n) is 3.09. The molecule has 0 aliphatic carbocycles. The van der Waals surface area contributed by atoms with Crippen molar-refractivity contribution in [2.45, 2.75) is 18.4 Å². The zero-order chi connectivity index (χ0) is 16.7. The first-order valence-corrected chi connectivity index (χ1v) is 8.46. The number of aromatic amines is 1. The van der Waals surface area contributed by atoms with Crippen molar-refractivity contribution in [3.05, 3.63) is 50.7 Å². The molecule has 1 aromatic carbocycles. The molecule has 0 aliphatic rings. The fraction of sp³-hybridized carbons (Fsp3) is 0.231. The minimum Gasteiger partial charge on any atom is -0.302 e. The van der Waals surface area contributed by atoms with Crippen LogP contribution in [0.5, 0.6) is 0 Å². The highest BCUT2D eigenvalue weighted by molar-refractivity contribution is 7.90. The van der Waals surface area contributed by atoms with Gasteiger partial charge in [0.25, 0.3) is 5.56 Å². The molecule has 0 saturated carbocycles. The number of sulfone groups is 1. The number of benzene rings is 1. The lowest BCUT2D eigenvalue weighted by atomic mass is 10.1. The number of hydrogen-bond acceptors (Lipinski definition) is 4. The van der Waals surface area contributed by atoms with E-state index in [1.807, 2.05) is 0 Å². The van der Waals surface area contributed by atoms with Gasteiger partial charge in [0.1, 0.15) is 10.5 Å². The second kappa shape index (κ2) is 5.69. The van der Waals surface area contributed by atoms with Crippen molar-refractivity contribution in [2.24, 2.45) is 0 Å². The number of rotatable bonds is 4. The van der Waals surface area contributed by atoms with Gasteiger partial charge in [-0.25, -0.2) is 12.8 Å². The van der Waals surface area contributed by atoms with Crippen LogP contribution in [0.25, 0.3) is 0 Å². The van der Waals surface area contributed by atoms with Gasteiger partial charge >= 0.3 is 0 Å². The summed E-state index contributed by atoms with van der Waals surface area (Å²) in [4.78, 5) is 23.6. The van der Waals surface area contributed by atoms with E-state index in [1.54, 1.807) is 6.92 Å². The van der Waals surface area contributed by atoms with Crippen LogP contribution in [0.3, 0.4) is 0 Å². The van der Waals surface area contributed by atoms with Crippen molar-refractivity contribution in [2.75, 3.05) is 6.26 Å². The van der Waals surface area contributed by atoms with Crippen LogP contribution in [-0.4, -0.2) is 30.2 Å². The Bertz CT molecular complexity index is 915. The van der Waals surface area contributed by atoms with Crippen molar-refractivity contribution in [3.8, 4) is 0 Å². The van der Waals surface area contributed by atoms with Crippen LogP contribution in [0.15, 0.2) is 28.0 Å². The van der Waals surface area contributed by atoms with E-state index in [-0.39, 0.29) is 11.1 Å². The van der Waals surface area contributed by atoms with E-state index in [4.69, 9.17) is 11.6 Å². The zero-order valence-electron chi connectivity index (χ0n) is 11.7. The SMILES string of the molecule is CCn1[nH]cc(C(=O)c2ccc(S(C)(=O)=O)c(F)c2Cl)c1=O. The maximum Gasteiger partial charge on any atom is 0.277 e. The molecule has 1 heterocycles. The first kappa shape index (κ1) is 16.4. The van der Waals surface area contributed by atoms with Crippen molar-refractivity contribution >= 4 is 27.2 Å². The minimum absolute atomic E-state index is 0.199. The average molecular weight is 347 g/mol. The molecule has 9 heteroatoms. The van der Waals surface area contributed by atoms with Crippen molar-refractivity contribution < 1.29 is 17.6 Å². The molecule has 0 spiro atoms. The number of aryl methyl sites for hydroxylation is 1. The van der Waals surface area contributed by atoms with E-state index in [9.17, 15) is 22.4 Å². The number of carbonyl (C=O) groups is 1. The number of nitrogens with one attached hydrogen (secondary N) is 1. The number of aromatic nitrogens is 2. The first-order valence-electron chi connectivity index (χ1n) is 6.19. The van der Waals surface area contributed by atoms with Gasteiger partial charge in [-0.1, -0.05) is 11.6 Å².